The Balaban J connectivity index is 4.14. The molecule has 82 heavy (non-hydrogen) atoms. The SMILES string of the molecule is CC/C=C\C/C=C\C/C=C\C/C=C\C/C=C\CC(=O)OC(COC(=O)CCCCCCC/C=C\C/C=C\CCCC)COC(=O)CCCCCCCCCCCCCCCCCCCCCCCCC/C=C\CCCCCCCCCC. The number of carbonyl (C=O) groups excluding carboxylic acids is 3. The van der Waals surface area contributed by atoms with Crippen molar-refractivity contribution in [3.05, 3.63) is 97.2 Å². The van der Waals surface area contributed by atoms with Gasteiger partial charge in [-0.3, -0.25) is 14.4 Å². The highest BCUT2D eigenvalue weighted by atomic mass is 16.6. The van der Waals surface area contributed by atoms with Crippen molar-refractivity contribution < 1.29 is 28.6 Å². The van der Waals surface area contributed by atoms with Gasteiger partial charge in [-0.1, -0.05) is 330 Å². The van der Waals surface area contributed by atoms with Crippen molar-refractivity contribution >= 4 is 17.9 Å². The smallest absolute Gasteiger partial charge is 0.310 e. The lowest BCUT2D eigenvalue weighted by Crippen LogP contribution is -2.30. The highest BCUT2D eigenvalue weighted by Gasteiger charge is 2.19. The van der Waals surface area contributed by atoms with Crippen LogP contribution in [0.15, 0.2) is 97.2 Å². The van der Waals surface area contributed by atoms with Crippen molar-refractivity contribution in [3.63, 3.8) is 0 Å². The minimum Gasteiger partial charge on any atom is -0.462 e. The second-order valence-electron chi connectivity index (χ2n) is 23.4. The summed E-state index contributed by atoms with van der Waals surface area (Å²) in [5.74, 6) is -1.05. The fraction of sp³-hybridized carbons (Fsp3) is 0.750. The van der Waals surface area contributed by atoms with Crippen molar-refractivity contribution in [2.75, 3.05) is 13.2 Å². The van der Waals surface area contributed by atoms with Gasteiger partial charge < -0.3 is 14.2 Å². The average molecular weight is 1140 g/mol. The number of ether oxygens (including phenoxy) is 3. The molecular weight excluding hydrogens is 1010 g/mol. The monoisotopic (exact) mass is 1140 g/mol. The van der Waals surface area contributed by atoms with E-state index in [9.17, 15) is 14.4 Å². The molecule has 0 spiro atoms. The molecule has 0 amide bonds. The molecule has 6 nitrogen and oxygen atoms in total. The van der Waals surface area contributed by atoms with Crippen LogP contribution in [0, 0.1) is 0 Å². The summed E-state index contributed by atoms with van der Waals surface area (Å²) in [6.07, 6.45) is 94.9. The van der Waals surface area contributed by atoms with E-state index in [0.717, 1.165) is 96.3 Å². The minimum atomic E-state index is -0.838. The van der Waals surface area contributed by atoms with Gasteiger partial charge in [-0.2, -0.15) is 0 Å². The van der Waals surface area contributed by atoms with Gasteiger partial charge in [0.25, 0.3) is 0 Å². The lowest BCUT2D eigenvalue weighted by molar-refractivity contribution is -0.166. The number of carbonyl (C=O) groups is 3. The Morgan fingerprint density at radius 3 is 0.854 bits per heavy atom. The Bertz CT molecular complexity index is 1590. The van der Waals surface area contributed by atoms with Gasteiger partial charge in [0.2, 0.25) is 0 Å². The maximum Gasteiger partial charge on any atom is 0.310 e. The molecule has 0 aliphatic heterocycles. The number of hydrogen-bond acceptors (Lipinski definition) is 6. The van der Waals surface area contributed by atoms with E-state index in [2.05, 4.69) is 106 Å². The molecule has 0 N–H and O–H groups in total. The van der Waals surface area contributed by atoms with Gasteiger partial charge in [-0.05, 0) is 96.3 Å². The normalized spacial score (nSPS) is 12.7. The summed E-state index contributed by atoms with van der Waals surface area (Å²) in [5, 5.41) is 0. The van der Waals surface area contributed by atoms with E-state index in [1.54, 1.807) is 6.08 Å². The van der Waals surface area contributed by atoms with Crippen molar-refractivity contribution in [1.82, 2.24) is 0 Å². The first-order chi connectivity index (χ1) is 40.5. The molecule has 0 saturated heterocycles. The molecule has 0 aliphatic rings. The second kappa shape index (κ2) is 69.8. The third kappa shape index (κ3) is 67.1. The molecular formula is C76H132O6. The first-order valence-electron chi connectivity index (χ1n) is 35.2. The fourth-order valence-electron chi connectivity index (χ4n) is 10.1. The van der Waals surface area contributed by atoms with Crippen LogP contribution >= 0.6 is 0 Å². The van der Waals surface area contributed by atoms with Crippen LogP contribution in [-0.4, -0.2) is 37.2 Å². The van der Waals surface area contributed by atoms with Gasteiger partial charge in [-0.25, -0.2) is 0 Å². The number of rotatable bonds is 64. The topological polar surface area (TPSA) is 78.9 Å². The van der Waals surface area contributed by atoms with Crippen molar-refractivity contribution in [1.29, 1.82) is 0 Å². The molecule has 0 aromatic rings. The van der Waals surface area contributed by atoms with Gasteiger partial charge >= 0.3 is 17.9 Å². The Labute approximate surface area is 508 Å². The number of unbranched alkanes of at least 4 members (excludes halogenated alkanes) is 38. The van der Waals surface area contributed by atoms with Crippen molar-refractivity contribution in [2.24, 2.45) is 0 Å². The summed E-state index contributed by atoms with van der Waals surface area (Å²) in [6.45, 7) is 6.42. The summed E-state index contributed by atoms with van der Waals surface area (Å²) in [5.41, 5.74) is 0. The summed E-state index contributed by atoms with van der Waals surface area (Å²) >= 11 is 0. The summed E-state index contributed by atoms with van der Waals surface area (Å²) < 4.78 is 16.8. The van der Waals surface area contributed by atoms with Crippen LogP contribution in [0.3, 0.4) is 0 Å². The zero-order valence-electron chi connectivity index (χ0n) is 54.2. The zero-order chi connectivity index (χ0) is 59.2. The van der Waals surface area contributed by atoms with Crippen LogP contribution in [0.25, 0.3) is 0 Å². The van der Waals surface area contributed by atoms with Crippen LogP contribution in [0.2, 0.25) is 0 Å². The lowest BCUT2D eigenvalue weighted by atomic mass is 10.0. The van der Waals surface area contributed by atoms with Crippen LogP contribution in [-0.2, 0) is 28.6 Å². The quantitative estimate of drug-likeness (QED) is 0.0261. The van der Waals surface area contributed by atoms with E-state index >= 15 is 0 Å². The van der Waals surface area contributed by atoms with E-state index < -0.39 is 12.1 Å². The Hall–Kier alpha value is -3.67. The van der Waals surface area contributed by atoms with Gasteiger partial charge in [0.1, 0.15) is 13.2 Å². The molecule has 0 rings (SSSR count). The van der Waals surface area contributed by atoms with Crippen LogP contribution in [0.1, 0.15) is 348 Å². The Morgan fingerprint density at radius 2 is 0.524 bits per heavy atom. The number of esters is 3. The third-order valence-electron chi connectivity index (χ3n) is 15.3. The second-order valence-corrected chi connectivity index (χ2v) is 23.4. The molecule has 0 aromatic carbocycles. The predicted molar refractivity (Wildman–Crippen MR) is 357 cm³/mol. The largest absolute Gasteiger partial charge is 0.462 e. The summed E-state index contributed by atoms with van der Waals surface area (Å²) in [4.78, 5) is 38.2. The van der Waals surface area contributed by atoms with Crippen molar-refractivity contribution in [3.8, 4) is 0 Å². The van der Waals surface area contributed by atoms with Gasteiger partial charge in [0, 0.05) is 12.8 Å². The molecule has 0 aliphatic carbocycles. The number of hydrogen-bond donors (Lipinski definition) is 0. The minimum absolute atomic E-state index is 0.0939. The third-order valence-corrected chi connectivity index (χ3v) is 15.3. The fourth-order valence-corrected chi connectivity index (χ4v) is 10.1. The lowest BCUT2D eigenvalue weighted by Gasteiger charge is -2.18. The van der Waals surface area contributed by atoms with Crippen LogP contribution in [0.4, 0.5) is 0 Å². The van der Waals surface area contributed by atoms with Crippen LogP contribution in [0.5, 0.6) is 0 Å². The van der Waals surface area contributed by atoms with Crippen LogP contribution < -0.4 is 0 Å². The van der Waals surface area contributed by atoms with E-state index in [1.165, 1.54) is 212 Å². The summed E-state index contributed by atoms with van der Waals surface area (Å²) in [7, 11) is 0. The maximum atomic E-state index is 12.8. The molecule has 0 radical (unpaired) electrons. The first-order valence-corrected chi connectivity index (χ1v) is 35.2. The molecule has 1 atom stereocenters. The standard InChI is InChI=1S/C76H132O6/c1-4-7-10-13-16-19-22-25-28-29-30-31-32-33-34-35-36-37-38-39-40-41-42-43-44-45-46-47-49-51-54-57-60-63-66-69-75(78)81-72-73(71-80-74(77)68-65-62-59-56-53-50-27-24-21-18-15-12-9-6-3)82-76(79)70-67-64-61-58-55-52-48-26-23-20-17-14-11-8-5-2/h8,11,15,17-18,20,24,26-27,29-30,48,55,58,64,67,73H,4-7,9-10,12-14,16,19,21-23,25,28,31-47,49-54,56-57,59-63,65-66,68-72H2,1-3H3/b11-8-,18-15-,20-17-,27-24-,30-29-,48-26-,58-55-,67-64-. The first kappa shape index (κ1) is 78.3. The van der Waals surface area contributed by atoms with E-state index in [4.69, 9.17) is 14.2 Å². The molecule has 6 heteroatoms. The number of allylic oxidation sites excluding steroid dienone is 15. The Morgan fingerprint density at radius 1 is 0.268 bits per heavy atom. The average Bonchev–Trinajstić information content (AvgIpc) is 3.47. The van der Waals surface area contributed by atoms with E-state index in [-0.39, 0.29) is 31.6 Å². The molecule has 0 aromatic heterocycles. The van der Waals surface area contributed by atoms with Crippen molar-refractivity contribution in [2.45, 2.75) is 354 Å². The van der Waals surface area contributed by atoms with Gasteiger partial charge in [-0.15, -0.1) is 0 Å². The van der Waals surface area contributed by atoms with E-state index in [0.29, 0.717) is 12.8 Å². The van der Waals surface area contributed by atoms with Gasteiger partial charge in [0.05, 0.1) is 6.42 Å². The highest BCUT2D eigenvalue weighted by molar-refractivity contribution is 5.72. The Kier molecular flexibility index (Phi) is 66.7. The predicted octanol–water partition coefficient (Wildman–Crippen LogP) is 24.4. The molecule has 0 heterocycles. The van der Waals surface area contributed by atoms with Gasteiger partial charge in [0.15, 0.2) is 6.10 Å². The zero-order valence-corrected chi connectivity index (χ0v) is 54.2. The molecule has 1 unspecified atom stereocenters. The summed E-state index contributed by atoms with van der Waals surface area (Å²) in [6, 6.07) is 0. The molecule has 472 valence electrons. The molecule has 0 saturated carbocycles. The van der Waals surface area contributed by atoms with E-state index in [1.807, 2.05) is 6.08 Å². The molecule has 0 fully saturated rings. The highest BCUT2D eigenvalue weighted by Crippen LogP contribution is 2.18. The molecule has 0 bridgehead atoms. The maximum absolute atomic E-state index is 12.8.